The molecule has 1 amide bonds. The van der Waals surface area contributed by atoms with Crippen LogP contribution in [0.25, 0.3) is 10.9 Å². The van der Waals surface area contributed by atoms with Crippen LogP contribution in [0.3, 0.4) is 0 Å². The lowest BCUT2D eigenvalue weighted by molar-refractivity contribution is -0.117. The fourth-order valence-corrected chi connectivity index (χ4v) is 3.59. The lowest BCUT2D eigenvalue weighted by Gasteiger charge is -2.19. The van der Waals surface area contributed by atoms with Crippen molar-refractivity contribution in [3.63, 3.8) is 0 Å². The molecule has 0 saturated carbocycles. The Bertz CT molecular complexity index is 720. The molecular weight excluding hydrogens is 298 g/mol. The molecule has 1 N–H and O–H groups in total. The number of carbonyl (C=O) groups is 1. The first-order chi connectivity index (χ1) is 11.7. The molecule has 2 heterocycles. The summed E-state index contributed by atoms with van der Waals surface area (Å²) in [5.74, 6) is 0.0883. The van der Waals surface area contributed by atoms with Crippen molar-refractivity contribution >= 4 is 22.5 Å². The van der Waals surface area contributed by atoms with E-state index in [4.69, 9.17) is 4.98 Å². The molecule has 0 aliphatic carbocycles. The highest BCUT2D eigenvalue weighted by Crippen LogP contribution is 2.30. The van der Waals surface area contributed by atoms with Crippen molar-refractivity contribution in [3.05, 3.63) is 35.5 Å². The van der Waals surface area contributed by atoms with Crippen LogP contribution in [0.1, 0.15) is 44.4 Å². The Kier molecular flexibility index (Phi) is 5.46. The van der Waals surface area contributed by atoms with Gasteiger partial charge in [0.1, 0.15) is 0 Å². The van der Waals surface area contributed by atoms with Crippen molar-refractivity contribution in [1.82, 2.24) is 9.88 Å². The van der Waals surface area contributed by atoms with Gasteiger partial charge in [0.15, 0.2) is 0 Å². The predicted molar refractivity (Wildman–Crippen MR) is 99.4 cm³/mol. The van der Waals surface area contributed by atoms with E-state index in [2.05, 4.69) is 30.1 Å². The van der Waals surface area contributed by atoms with E-state index in [-0.39, 0.29) is 5.91 Å². The van der Waals surface area contributed by atoms with E-state index in [1.165, 1.54) is 18.4 Å². The maximum absolute atomic E-state index is 12.6. The fourth-order valence-electron chi connectivity index (χ4n) is 3.59. The molecule has 1 aliphatic rings. The Morgan fingerprint density at radius 3 is 2.67 bits per heavy atom. The second-order valence-electron chi connectivity index (χ2n) is 6.56. The van der Waals surface area contributed by atoms with E-state index in [1.807, 2.05) is 18.2 Å². The van der Waals surface area contributed by atoms with Gasteiger partial charge in [0.25, 0.3) is 0 Å². The minimum atomic E-state index is 0.0883. The molecule has 24 heavy (non-hydrogen) atoms. The van der Waals surface area contributed by atoms with Gasteiger partial charge < -0.3 is 5.32 Å². The molecule has 128 valence electrons. The third kappa shape index (κ3) is 3.59. The zero-order chi connectivity index (χ0) is 16.9. The molecule has 1 aromatic heterocycles. The number of pyridine rings is 1. The van der Waals surface area contributed by atoms with E-state index in [9.17, 15) is 4.79 Å². The predicted octanol–water partition coefficient (Wildman–Crippen LogP) is 3.78. The summed E-state index contributed by atoms with van der Waals surface area (Å²) >= 11 is 0. The van der Waals surface area contributed by atoms with Gasteiger partial charge in [-0.3, -0.25) is 14.7 Å². The van der Waals surface area contributed by atoms with Crippen LogP contribution < -0.4 is 5.32 Å². The lowest BCUT2D eigenvalue weighted by atomic mass is 10.0. The van der Waals surface area contributed by atoms with Crippen molar-refractivity contribution in [2.45, 2.75) is 46.0 Å². The largest absolute Gasteiger partial charge is 0.324 e. The lowest BCUT2D eigenvalue weighted by Crippen LogP contribution is -2.31. The maximum Gasteiger partial charge on any atom is 0.238 e. The van der Waals surface area contributed by atoms with E-state index in [0.29, 0.717) is 6.54 Å². The first-order valence-corrected chi connectivity index (χ1v) is 9.15. The molecule has 0 spiro atoms. The summed E-state index contributed by atoms with van der Waals surface area (Å²) < 4.78 is 0. The first kappa shape index (κ1) is 16.9. The average molecular weight is 325 g/mol. The summed E-state index contributed by atoms with van der Waals surface area (Å²) in [7, 11) is 0. The van der Waals surface area contributed by atoms with Crippen LogP contribution in [0.5, 0.6) is 0 Å². The second-order valence-corrected chi connectivity index (χ2v) is 6.56. The number of likely N-dealkylation sites (tertiary alicyclic amines) is 1. The molecule has 0 unspecified atom stereocenters. The van der Waals surface area contributed by atoms with E-state index in [1.54, 1.807) is 0 Å². The van der Waals surface area contributed by atoms with Crippen LogP contribution in [0, 0.1) is 0 Å². The number of aromatic nitrogens is 1. The standard InChI is InChI=1S/C20H27N3O/c1-3-9-17-15(4-2)20(16-10-5-6-11-18(16)21-17)22-19(24)14-23-12-7-8-13-23/h5-6,10-11H,3-4,7-9,12-14H2,1-2H3,(H,21,22,24). The van der Waals surface area contributed by atoms with Crippen LogP contribution in [-0.4, -0.2) is 35.4 Å². The number of rotatable bonds is 6. The molecule has 4 nitrogen and oxygen atoms in total. The number of nitrogens with one attached hydrogen (secondary N) is 1. The van der Waals surface area contributed by atoms with Crippen molar-refractivity contribution in [1.29, 1.82) is 0 Å². The Morgan fingerprint density at radius 1 is 1.21 bits per heavy atom. The number of aryl methyl sites for hydroxylation is 1. The molecular formula is C20H27N3O. The molecule has 0 bridgehead atoms. The molecule has 1 aromatic carbocycles. The molecule has 1 saturated heterocycles. The SMILES string of the molecule is CCCc1nc2ccccc2c(NC(=O)CN2CCCC2)c1CC. The Balaban J connectivity index is 1.95. The number of carbonyl (C=O) groups excluding carboxylic acids is 1. The molecule has 2 aromatic rings. The number of amides is 1. The van der Waals surface area contributed by atoms with Crippen LogP contribution >= 0.6 is 0 Å². The van der Waals surface area contributed by atoms with E-state index >= 15 is 0 Å². The van der Waals surface area contributed by atoms with Crippen LogP contribution in [0.4, 0.5) is 5.69 Å². The monoisotopic (exact) mass is 325 g/mol. The molecule has 4 heteroatoms. The number of fused-ring (bicyclic) bond motifs is 1. The highest BCUT2D eigenvalue weighted by Gasteiger charge is 2.18. The van der Waals surface area contributed by atoms with Gasteiger partial charge in [-0.25, -0.2) is 0 Å². The Hall–Kier alpha value is -1.94. The van der Waals surface area contributed by atoms with Gasteiger partial charge in [-0.1, -0.05) is 38.5 Å². The summed E-state index contributed by atoms with van der Waals surface area (Å²) in [4.78, 5) is 19.7. The zero-order valence-electron chi connectivity index (χ0n) is 14.8. The zero-order valence-corrected chi connectivity index (χ0v) is 14.8. The Morgan fingerprint density at radius 2 is 1.96 bits per heavy atom. The topological polar surface area (TPSA) is 45.2 Å². The number of para-hydroxylation sites is 1. The van der Waals surface area contributed by atoms with Gasteiger partial charge in [0, 0.05) is 11.1 Å². The smallest absolute Gasteiger partial charge is 0.238 e. The number of nitrogens with zero attached hydrogens (tertiary/aromatic N) is 2. The van der Waals surface area contributed by atoms with Crippen molar-refractivity contribution in [2.75, 3.05) is 25.0 Å². The number of hydrogen-bond acceptors (Lipinski definition) is 3. The summed E-state index contributed by atoms with van der Waals surface area (Å²) in [6.07, 6.45) is 5.29. The molecule has 0 radical (unpaired) electrons. The van der Waals surface area contributed by atoms with Gasteiger partial charge >= 0.3 is 0 Å². The van der Waals surface area contributed by atoms with E-state index < -0.39 is 0 Å². The maximum atomic E-state index is 12.6. The molecule has 1 fully saturated rings. The molecule has 3 rings (SSSR count). The van der Waals surface area contributed by atoms with Crippen LogP contribution in [-0.2, 0) is 17.6 Å². The average Bonchev–Trinajstić information content (AvgIpc) is 3.08. The van der Waals surface area contributed by atoms with Gasteiger partial charge in [0.05, 0.1) is 17.7 Å². The van der Waals surface area contributed by atoms with E-state index in [0.717, 1.165) is 54.6 Å². The van der Waals surface area contributed by atoms with Crippen LogP contribution in [0.15, 0.2) is 24.3 Å². The summed E-state index contributed by atoms with van der Waals surface area (Å²) in [6.45, 7) is 6.87. The minimum absolute atomic E-state index is 0.0883. The van der Waals surface area contributed by atoms with Gasteiger partial charge in [-0.2, -0.15) is 0 Å². The fraction of sp³-hybridized carbons (Fsp3) is 0.500. The van der Waals surface area contributed by atoms with Crippen LogP contribution in [0.2, 0.25) is 0 Å². The van der Waals surface area contributed by atoms with Crippen molar-refractivity contribution < 1.29 is 4.79 Å². The minimum Gasteiger partial charge on any atom is -0.324 e. The summed E-state index contributed by atoms with van der Waals surface area (Å²) in [5.41, 5.74) is 4.24. The second kappa shape index (κ2) is 7.75. The van der Waals surface area contributed by atoms with Crippen molar-refractivity contribution in [2.24, 2.45) is 0 Å². The summed E-state index contributed by atoms with van der Waals surface area (Å²) in [5, 5.41) is 4.25. The number of benzene rings is 1. The van der Waals surface area contributed by atoms with Crippen molar-refractivity contribution in [3.8, 4) is 0 Å². The number of hydrogen-bond donors (Lipinski definition) is 1. The quantitative estimate of drug-likeness (QED) is 0.879. The van der Waals surface area contributed by atoms with Gasteiger partial charge in [-0.15, -0.1) is 0 Å². The third-order valence-corrected chi connectivity index (χ3v) is 4.75. The first-order valence-electron chi connectivity index (χ1n) is 9.15. The third-order valence-electron chi connectivity index (χ3n) is 4.75. The van der Waals surface area contributed by atoms with Gasteiger partial charge in [0.2, 0.25) is 5.91 Å². The molecule has 0 atom stereocenters. The summed E-state index contributed by atoms with van der Waals surface area (Å²) in [6, 6.07) is 8.11. The van der Waals surface area contributed by atoms with Gasteiger partial charge in [-0.05, 0) is 50.4 Å². The number of anilines is 1. The Labute approximate surface area is 144 Å². The molecule has 1 aliphatic heterocycles. The highest BCUT2D eigenvalue weighted by atomic mass is 16.2. The normalized spacial score (nSPS) is 15.1. The highest BCUT2D eigenvalue weighted by molar-refractivity contribution is 6.03.